The molecule has 2 saturated heterocycles. The predicted octanol–water partition coefficient (Wildman–Crippen LogP) is 2.40. The van der Waals surface area contributed by atoms with Gasteiger partial charge in [-0.1, -0.05) is 23.7 Å². The van der Waals surface area contributed by atoms with E-state index in [0.717, 1.165) is 37.3 Å². The summed E-state index contributed by atoms with van der Waals surface area (Å²) in [5, 5.41) is 3.50. The lowest BCUT2D eigenvalue weighted by Crippen LogP contribution is -2.45. The van der Waals surface area contributed by atoms with Gasteiger partial charge in [-0.25, -0.2) is 9.97 Å². The third kappa shape index (κ3) is 4.21. The zero-order valence-corrected chi connectivity index (χ0v) is 15.6. The lowest BCUT2D eigenvalue weighted by molar-refractivity contribution is -0.169. The van der Waals surface area contributed by atoms with E-state index in [1.807, 2.05) is 12.1 Å². The maximum Gasteiger partial charge on any atom is 0.271 e. The first-order valence-electron chi connectivity index (χ1n) is 9.01. The van der Waals surface area contributed by atoms with E-state index in [1.165, 1.54) is 6.20 Å². The standard InChI is InChI=1S/C19H21ClN4O3/c20-15-3-1-14(2-4-15)11-23-18(25)16-12-22-17(13-21-16)24-7-5-19(6-8-24)26-9-10-27-19/h1-4,12-13H,5-11H2,(H,23,25). The molecule has 3 heterocycles. The maximum atomic E-state index is 12.3. The molecule has 0 atom stereocenters. The van der Waals surface area contributed by atoms with Gasteiger partial charge in [0.25, 0.3) is 5.91 Å². The number of hydrogen-bond donors (Lipinski definition) is 1. The molecule has 2 aliphatic heterocycles. The van der Waals surface area contributed by atoms with Crippen LogP contribution in [0, 0.1) is 0 Å². The van der Waals surface area contributed by atoms with Crippen molar-refractivity contribution in [2.24, 2.45) is 0 Å². The average Bonchev–Trinajstić information content (AvgIpc) is 3.16. The minimum atomic E-state index is -0.411. The molecule has 2 aromatic rings. The lowest BCUT2D eigenvalue weighted by Gasteiger charge is -2.37. The molecule has 1 aromatic carbocycles. The molecule has 2 aliphatic rings. The molecule has 8 heteroatoms. The van der Waals surface area contributed by atoms with Crippen LogP contribution in [0.1, 0.15) is 28.9 Å². The number of carbonyl (C=O) groups is 1. The summed E-state index contributed by atoms with van der Waals surface area (Å²) in [6, 6.07) is 7.33. The second-order valence-electron chi connectivity index (χ2n) is 6.66. The number of amides is 1. The summed E-state index contributed by atoms with van der Waals surface area (Å²) >= 11 is 5.86. The third-order valence-corrected chi connectivity index (χ3v) is 5.15. The van der Waals surface area contributed by atoms with E-state index < -0.39 is 5.79 Å². The van der Waals surface area contributed by atoms with Gasteiger partial charge in [0.15, 0.2) is 5.79 Å². The second-order valence-corrected chi connectivity index (χ2v) is 7.10. The van der Waals surface area contributed by atoms with Crippen LogP contribution in [0.2, 0.25) is 5.02 Å². The van der Waals surface area contributed by atoms with E-state index in [4.69, 9.17) is 21.1 Å². The average molecular weight is 389 g/mol. The third-order valence-electron chi connectivity index (χ3n) is 4.90. The van der Waals surface area contributed by atoms with Gasteiger partial charge in [-0.3, -0.25) is 4.79 Å². The largest absolute Gasteiger partial charge is 0.355 e. The second kappa shape index (κ2) is 7.80. The molecular weight excluding hydrogens is 368 g/mol. The van der Waals surface area contributed by atoms with Crippen LogP contribution >= 0.6 is 11.6 Å². The number of halogens is 1. The maximum absolute atomic E-state index is 12.3. The first-order chi connectivity index (χ1) is 13.1. The van der Waals surface area contributed by atoms with Crippen LogP contribution in [0.4, 0.5) is 5.82 Å². The van der Waals surface area contributed by atoms with Crippen LogP contribution in [-0.4, -0.2) is 48.0 Å². The Morgan fingerprint density at radius 2 is 1.81 bits per heavy atom. The van der Waals surface area contributed by atoms with Crippen LogP contribution in [0.15, 0.2) is 36.7 Å². The lowest BCUT2D eigenvalue weighted by atomic mass is 10.0. The van der Waals surface area contributed by atoms with E-state index in [9.17, 15) is 4.79 Å². The van der Waals surface area contributed by atoms with Crippen molar-refractivity contribution in [2.75, 3.05) is 31.2 Å². The summed E-state index contributed by atoms with van der Waals surface area (Å²) in [5.74, 6) is 0.0947. The first kappa shape index (κ1) is 18.2. The van der Waals surface area contributed by atoms with Crippen LogP contribution < -0.4 is 10.2 Å². The number of carbonyl (C=O) groups excluding carboxylic acids is 1. The number of benzene rings is 1. The van der Waals surface area contributed by atoms with Gasteiger partial charge in [-0.15, -0.1) is 0 Å². The Bertz CT molecular complexity index is 782. The molecule has 1 aromatic heterocycles. The number of nitrogens with one attached hydrogen (secondary N) is 1. The molecule has 142 valence electrons. The van der Waals surface area contributed by atoms with Crippen molar-refractivity contribution in [2.45, 2.75) is 25.2 Å². The van der Waals surface area contributed by atoms with Crippen molar-refractivity contribution in [1.82, 2.24) is 15.3 Å². The quantitative estimate of drug-likeness (QED) is 0.866. The highest BCUT2D eigenvalue weighted by Gasteiger charge is 2.40. The van der Waals surface area contributed by atoms with Gasteiger partial charge in [0.2, 0.25) is 0 Å². The Morgan fingerprint density at radius 1 is 1.11 bits per heavy atom. The molecule has 1 amide bonds. The summed E-state index contributed by atoms with van der Waals surface area (Å²) < 4.78 is 11.5. The number of nitrogens with zero attached hydrogens (tertiary/aromatic N) is 3. The molecule has 1 N–H and O–H groups in total. The molecule has 0 aliphatic carbocycles. The van der Waals surface area contributed by atoms with E-state index >= 15 is 0 Å². The molecule has 7 nitrogen and oxygen atoms in total. The monoisotopic (exact) mass is 388 g/mol. The first-order valence-corrected chi connectivity index (χ1v) is 9.39. The molecule has 0 saturated carbocycles. The minimum absolute atomic E-state index is 0.255. The number of anilines is 1. The minimum Gasteiger partial charge on any atom is -0.355 e. The molecule has 0 unspecified atom stereocenters. The fraction of sp³-hybridized carbons (Fsp3) is 0.421. The molecule has 4 rings (SSSR count). The smallest absolute Gasteiger partial charge is 0.271 e. The van der Waals surface area contributed by atoms with Crippen LogP contribution in [0.25, 0.3) is 0 Å². The van der Waals surface area contributed by atoms with Crippen molar-refractivity contribution in [3.63, 3.8) is 0 Å². The zero-order valence-electron chi connectivity index (χ0n) is 14.9. The Labute approximate surface area is 162 Å². The highest BCUT2D eigenvalue weighted by molar-refractivity contribution is 6.30. The molecule has 0 bridgehead atoms. The van der Waals surface area contributed by atoms with E-state index in [0.29, 0.717) is 30.5 Å². The van der Waals surface area contributed by atoms with Gasteiger partial charge in [0.05, 0.1) is 25.6 Å². The van der Waals surface area contributed by atoms with Crippen LogP contribution in [-0.2, 0) is 16.0 Å². The SMILES string of the molecule is O=C(NCc1ccc(Cl)cc1)c1cnc(N2CCC3(CC2)OCCO3)cn1. The Balaban J connectivity index is 1.32. The van der Waals surface area contributed by atoms with Crippen molar-refractivity contribution in [1.29, 1.82) is 0 Å². The fourth-order valence-corrected chi connectivity index (χ4v) is 3.47. The number of rotatable bonds is 4. The van der Waals surface area contributed by atoms with Crippen molar-refractivity contribution >= 4 is 23.3 Å². The topological polar surface area (TPSA) is 76.6 Å². The Morgan fingerprint density at radius 3 is 2.44 bits per heavy atom. The molecule has 27 heavy (non-hydrogen) atoms. The van der Waals surface area contributed by atoms with Gasteiger partial charge >= 0.3 is 0 Å². The highest BCUT2D eigenvalue weighted by atomic mass is 35.5. The Hall–Kier alpha value is -2.22. The van der Waals surface area contributed by atoms with Gasteiger partial charge in [-0.05, 0) is 17.7 Å². The normalized spacial score (nSPS) is 18.6. The van der Waals surface area contributed by atoms with Gasteiger partial charge in [0.1, 0.15) is 11.5 Å². The molecule has 2 fully saturated rings. The van der Waals surface area contributed by atoms with Crippen molar-refractivity contribution < 1.29 is 14.3 Å². The zero-order chi connectivity index (χ0) is 18.7. The summed E-state index contributed by atoms with van der Waals surface area (Å²) in [5.41, 5.74) is 1.26. The van der Waals surface area contributed by atoms with Crippen LogP contribution in [0.3, 0.4) is 0 Å². The van der Waals surface area contributed by atoms with Gasteiger partial charge in [-0.2, -0.15) is 0 Å². The van der Waals surface area contributed by atoms with E-state index in [-0.39, 0.29) is 5.91 Å². The Kier molecular flexibility index (Phi) is 5.24. The number of aromatic nitrogens is 2. The molecule has 1 spiro atoms. The highest BCUT2D eigenvalue weighted by Crippen LogP contribution is 2.32. The summed E-state index contributed by atoms with van der Waals surface area (Å²) in [6.45, 7) is 3.32. The van der Waals surface area contributed by atoms with E-state index in [1.54, 1.807) is 18.3 Å². The number of ether oxygens (including phenoxy) is 2. The summed E-state index contributed by atoms with van der Waals surface area (Å²) in [6.07, 6.45) is 4.76. The summed E-state index contributed by atoms with van der Waals surface area (Å²) in [4.78, 5) is 23.1. The fourth-order valence-electron chi connectivity index (χ4n) is 3.34. The molecular formula is C19H21ClN4O3. The number of piperidine rings is 1. The van der Waals surface area contributed by atoms with Crippen molar-refractivity contribution in [3.05, 3.63) is 52.9 Å². The van der Waals surface area contributed by atoms with E-state index in [2.05, 4.69) is 20.2 Å². The van der Waals surface area contributed by atoms with Gasteiger partial charge < -0.3 is 19.7 Å². The summed E-state index contributed by atoms with van der Waals surface area (Å²) in [7, 11) is 0. The predicted molar refractivity (Wildman–Crippen MR) is 101 cm³/mol. The number of hydrogen-bond acceptors (Lipinski definition) is 6. The molecule has 0 radical (unpaired) electrons. The van der Waals surface area contributed by atoms with Gasteiger partial charge in [0, 0.05) is 37.5 Å². The van der Waals surface area contributed by atoms with Crippen molar-refractivity contribution in [3.8, 4) is 0 Å². The van der Waals surface area contributed by atoms with Crippen LogP contribution in [0.5, 0.6) is 0 Å².